The number of hydrogen-bond donors (Lipinski definition) is 1. The van der Waals surface area contributed by atoms with Gasteiger partial charge in [-0.3, -0.25) is 4.57 Å². The Morgan fingerprint density at radius 3 is 3.06 bits per heavy atom. The molecule has 0 bridgehead atoms. The lowest BCUT2D eigenvalue weighted by atomic mass is 10.3. The Hall–Kier alpha value is -2.11. The smallest absolute Gasteiger partial charge is 0.357 e. The summed E-state index contributed by atoms with van der Waals surface area (Å²) in [4.78, 5) is 18.7. The van der Waals surface area contributed by atoms with Crippen LogP contribution in [-0.2, 0) is 6.42 Å². The first-order valence-electron chi connectivity index (χ1n) is 4.93. The van der Waals surface area contributed by atoms with Crippen LogP contribution in [0, 0.1) is 0 Å². The van der Waals surface area contributed by atoms with Crippen LogP contribution in [0.5, 0.6) is 0 Å². The van der Waals surface area contributed by atoms with Gasteiger partial charge in [0.2, 0.25) is 0 Å². The largest absolute Gasteiger partial charge is 0.476 e. The zero-order valence-electron chi connectivity index (χ0n) is 8.75. The quantitative estimate of drug-likeness (QED) is 0.846. The Balaban J connectivity index is 2.34. The van der Waals surface area contributed by atoms with Crippen LogP contribution in [0.2, 0.25) is 0 Å². The number of carboxylic acids is 1. The molecule has 0 aliphatic carbocycles. The first-order chi connectivity index (χ1) is 7.72. The molecule has 2 aromatic heterocycles. The van der Waals surface area contributed by atoms with Crippen molar-refractivity contribution in [1.29, 1.82) is 0 Å². The highest BCUT2D eigenvalue weighted by Crippen LogP contribution is 2.11. The lowest BCUT2D eigenvalue weighted by Gasteiger charge is -2.00. The SMILES string of the molecule is CCCc1nccn1-c1nc(C(=O)O)co1. The van der Waals surface area contributed by atoms with Gasteiger partial charge >= 0.3 is 12.0 Å². The van der Waals surface area contributed by atoms with Crippen molar-refractivity contribution in [2.24, 2.45) is 0 Å². The first-order valence-corrected chi connectivity index (χ1v) is 4.93. The summed E-state index contributed by atoms with van der Waals surface area (Å²) in [6.07, 6.45) is 6.19. The van der Waals surface area contributed by atoms with Crippen molar-refractivity contribution in [3.63, 3.8) is 0 Å². The van der Waals surface area contributed by atoms with Gasteiger partial charge in [0.15, 0.2) is 5.69 Å². The third-order valence-electron chi connectivity index (χ3n) is 2.11. The van der Waals surface area contributed by atoms with E-state index in [1.54, 1.807) is 17.0 Å². The summed E-state index contributed by atoms with van der Waals surface area (Å²) in [5.74, 6) is -0.298. The predicted molar refractivity (Wildman–Crippen MR) is 54.6 cm³/mol. The molecule has 84 valence electrons. The van der Waals surface area contributed by atoms with Crippen LogP contribution in [0.25, 0.3) is 6.01 Å². The molecule has 0 atom stereocenters. The summed E-state index contributed by atoms with van der Waals surface area (Å²) in [6.45, 7) is 2.04. The van der Waals surface area contributed by atoms with E-state index in [4.69, 9.17) is 9.52 Å². The molecule has 1 N–H and O–H groups in total. The number of hydrogen-bond acceptors (Lipinski definition) is 4. The summed E-state index contributed by atoms with van der Waals surface area (Å²) >= 11 is 0. The zero-order chi connectivity index (χ0) is 11.5. The number of rotatable bonds is 4. The Morgan fingerprint density at radius 2 is 2.44 bits per heavy atom. The molecule has 6 heteroatoms. The van der Waals surface area contributed by atoms with Crippen molar-refractivity contribution in [2.75, 3.05) is 0 Å². The molecule has 0 aliphatic heterocycles. The van der Waals surface area contributed by atoms with Crippen molar-refractivity contribution in [3.8, 4) is 6.01 Å². The minimum Gasteiger partial charge on any atom is -0.476 e. The van der Waals surface area contributed by atoms with Crippen LogP contribution in [0.15, 0.2) is 23.1 Å². The Bertz CT molecular complexity index is 501. The molecule has 2 heterocycles. The van der Waals surface area contributed by atoms with Gasteiger partial charge in [-0.15, -0.1) is 0 Å². The topological polar surface area (TPSA) is 81.2 Å². The molecular formula is C10H11N3O3. The molecule has 16 heavy (non-hydrogen) atoms. The zero-order valence-corrected chi connectivity index (χ0v) is 8.75. The van der Waals surface area contributed by atoms with E-state index in [1.165, 1.54) is 0 Å². The van der Waals surface area contributed by atoms with Crippen molar-refractivity contribution >= 4 is 5.97 Å². The van der Waals surface area contributed by atoms with Crippen LogP contribution in [-0.4, -0.2) is 25.6 Å². The van der Waals surface area contributed by atoms with Gasteiger partial charge in [-0.25, -0.2) is 9.78 Å². The number of aromatic nitrogens is 3. The second kappa shape index (κ2) is 4.18. The van der Waals surface area contributed by atoms with Gasteiger partial charge in [0.1, 0.15) is 12.1 Å². The average molecular weight is 221 g/mol. The second-order valence-corrected chi connectivity index (χ2v) is 3.28. The number of imidazole rings is 1. The molecule has 6 nitrogen and oxygen atoms in total. The average Bonchev–Trinajstić information content (AvgIpc) is 2.84. The monoisotopic (exact) mass is 221 g/mol. The molecular weight excluding hydrogens is 210 g/mol. The standard InChI is InChI=1S/C10H11N3O3/c1-2-3-8-11-4-5-13(8)10-12-7(6-16-10)9(14)15/h4-6H,2-3H2,1H3,(H,14,15). The first kappa shape index (κ1) is 10.4. The molecule has 0 unspecified atom stereocenters. The maximum absolute atomic E-state index is 10.6. The molecule has 2 aromatic rings. The summed E-state index contributed by atoms with van der Waals surface area (Å²) in [6, 6.07) is 0.235. The molecule has 2 rings (SSSR count). The maximum atomic E-state index is 10.6. The number of aryl methyl sites for hydroxylation is 1. The van der Waals surface area contributed by atoms with Gasteiger partial charge in [0, 0.05) is 18.8 Å². The second-order valence-electron chi connectivity index (χ2n) is 3.28. The van der Waals surface area contributed by atoms with Crippen LogP contribution in [0.4, 0.5) is 0 Å². The minimum atomic E-state index is -1.10. The van der Waals surface area contributed by atoms with E-state index in [1.807, 2.05) is 6.92 Å². The van der Waals surface area contributed by atoms with Crippen LogP contribution < -0.4 is 0 Å². The highest BCUT2D eigenvalue weighted by molar-refractivity contribution is 5.84. The number of nitrogens with zero attached hydrogens (tertiary/aromatic N) is 3. The summed E-state index contributed by atoms with van der Waals surface area (Å²) in [5, 5.41) is 8.72. The highest BCUT2D eigenvalue weighted by atomic mass is 16.4. The van der Waals surface area contributed by atoms with E-state index >= 15 is 0 Å². The number of carboxylic acid groups (broad SMARTS) is 1. The van der Waals surface area contributed by atoms with E-state index in [9.17, 15) is 4.79 Å². The summed E-state index contributed by atoms with van der Waals surface area (Å²) < 4.78 is 6.74. The minimum absolute atomic E-state index is 0.105. The van der Waals surface area contributed by atoms with Gasteiger partial charge < -0.3 is 9.52 Å². The molecule has 0 saturated heterocycles. The van der Waals surface area contributed by atoms with E-state index in [0.717, 1.165) is 24.9 Å². The Kier molecular flexibility index (Phi) is 2.72. The summed E-state index contributed by atoms with van der Waals surface area (Å²) in [5.41, 5.74) is -0.105. The van der Waals surface area contributed by atoms with E-state index in [0.29, 0.717) is 0 Å². The normalized spacial score (nSPS) is 10.6. The van der Waals surface area contributed by atoms with Gasteiger partial charge in [-0.1, -0.05) is 6.92 Å². The Morgan fingerprint density at radius 1 is 1.62 bits per heavy atom. The van der Waals surface area contributed by atoms with E-state index in [2.05, 4.69) is 9.97 Å². The van der Waals surface area contributed by atoms with Crippen molar-refractivity contribution in [3.05, 3.63) is 30.2 Å². The highest BCUT2D eigenvalue weighted by Gasteiger charge is 2.13. The lowest BCUT2D eigenvalue weighted by Crippen LogP contribution is -2.02. The molecule has 0 saturated carbocycles. The third kappa shape index (κ3) is 1.81. The van der Waals surface area contributed by atoms with Gasteiger partial charge in [0.05, 0.1) is 0 Å². The van der Waals surface area contributed by atoms with Crippen LogP contribution >= 0.6 is 0 Å². The fourth-order valence-corrected chi connectivity index (χ4v) is 1.39. The van der Waals surface area contributed by atoms with Gasteiger partial charge in [-0.2, -0.15) is 4.98 Å². The predicted octanol–water partition coefficient (Wildman–Crippen LogP) is 1.51. The molecule has 0 fully saturated rings. The van der Waals surface area contributed by atoms with Crippen molar-refractivity contribution in [1.82, 2.24) is 14.5 Å². The van der Waals surface area contributed by atoms with Gasteiger partial charge in [0.25, 0.3) is 0 Å². The lowest BCUT2D eigenvalue weighted by molar-refractivity contribution is 0.0690. The van der Waals surface area contributed by atoms with Crippen molar-refractivity contribution < 1.29 is 14.3 Å². The number of oxazole rings is 1. The maximum Gasteiger partial charge on any atom is 0.357 e. The summed E-state index contributed by atoms with van der Waals surface area (Å²) in [7, 11) is 0. The number of carbonyl (C=O) groups is 1. The van der Waals surface area contributed by atoms with E-state index in [-0.39, 0.29) is 11.7 Å². The third-order valence-corrected chi connectivity index (χ3v) is 2.11. The Labute approximate surface area is 91.6 Å². The molecule has 0 spiro atoms. The van der Waals surface area contributed by atoms with E-state index < -0.39 is 5.97 Å². The van der Waals surface area contributed by atoms with Crippen molar-refractivity contribution in [2.45, 2.75) is 19.8 Å². The molecule has 0 radical (unpaired) electrons. The molecule has 0 aromatic carbocycles. The van der Waals surface area contributed by atoms with Gasteiger partial charge in [-0.05, 0) is 6.42 Å². The van der Waals surface area contributed by atoms with Crippen LogP contribution in [0.1, 0.15) is 29.7 Å². The molecule has 0 aliphatic rings. The van der Waals surface area contributed by atoms with Crippen LogP contribution in [0.3, 0.4) is 0 Å². The number of aromatic carboxylic acids is 1. The fraction of sp³-hybridized carbons (Fsp3) is 0.300. The molecule has 0 amide bonds. The fourth-order valence-electron chi connectivity index (χ4n) is 1.39.